The molecule has 1 amide bonds. The fourth-order valence-electron chi connectivity index (χ4n) is 3.77. The number of hydrogen-bond acceptors (Lipinski definition) is 4. The minimum Gasteiger partial charge on any atom is -0.327 e. The van der Waals surface area contributed by atoms with E-state index in [9.17, 15) is 13.2 Å². The molecule has 150 valence electrons. The van der Waals surface area contributed by atoms with E-state index in [1.807, 2.05) is 35.2 Å². The Morgan fingerprint density at radius 3 is 2.69 bits per heavy atom. The zero-order valence-electron chi connectivity index (χ0n) is 16.0. The van der Waals surface area contributed by atoms with Crippen LogP contribution in [0.15, 0.2) is 70.9 Å². The lowest BCUT2D eigenvalue weighted by Gasteiger charge is -2.36. The molecule has 0 radical (unpaired) electrons. The number of amides is 1. The molecule has 0 fully saturated rings. The minimum absolute atomic E-state index is 0.106. The number of carbonyl (C=O) groups is 1. The predicted octanol–water partition coefficient (Wildman–Crippen LogP) is 3.83. The molecule has 1 N–H and O–H groups in total. The second kappa shape index (κ2) is 8.10. The molecular weight excluding hydrogens is 404 g/mol. The Balaban J connectivity index is 1.73. The van der Waals surface area contributed by atoms with E-state index in [0.29, 0.717) is 18.7 Å². The number of carbonyl (C=O) groups excluding carboxylic acids is 1. The molecule has 3 aromatic rings. The van der Waals surface area contributed by atoms with E-state index in [1.165, 1.54) is 17.0 Å². The largest absolute Gasteiger partial charge is 0.327 e. The number of hydrogen-bond donors (Lipinski definition) is 1. The molecule has 1 aliphatic heterocycles. The van der Waals surface area contributed by atoms with Gasteiger partial charge in [-0.2, -0.15) is 0 Å². The zero-order valence-corrected chi connectivity index (χ0v) is 17.7. The lowest BCUT2D eigenvalue weighted by atomic mass is 9.92. The van der Waals surface area contributed by atoms with E-state index >= 15 is 0 Å². The molecule has 5 nitrogen and oxygen atoms in total. The number of fused-ring (bicyclic) bond motifs is 1. The van der Waals surface area contributed by atoms with Crippen molar-refractivity contribution in [3.8, 4) is 0 Å². The zero-order chi connectivity index (χ0) is 20.4. The van der Waals surface area contributed by atoms with Gasteiger partial charge in [0.25, 0.3) is 5.91 Å². The van der Waals surface area contributed by atoms with Gasteiger partial charge in [0.1, 0.15) is 0 Å². The van der Waals surface area contributed by atoms with Crippen LogP contribution in [0.4, 0.5) is 0 Å². The summed E-state index contributed by atoms with van der Waals surface area (Å²) in [7, 11) is -3.62. The number of sulfonamides is 1. The van der Waals surface area contributed by atoms with Crippen molar-refractivity contribution in [1.82, 2.24) is 9.62 Å². The average Bonchev–Trinajstić information content (AvgIpc) is 3.22. The fourth-order valence-corrected chi connectivity index (χ4v) is 5.76. The highest BCUT2D eigenvalue weighted by Gasteiger charge is 2.33. The van der Waals surface area contributed by atoms with Crippen molar-refractivity contribution >= 4 is 27.3 Å². The van der Waals surface area contributed by atoms with Crippen molar-refractivity contribution in [1.29, 1.82) is 0 Å². The van der Waals surface area contributed by atoms with Crippen molar-refractivity contribution in [2.45, 2.75) is 24.3 Å². The first-order chi connectivity index (χ1) is 14.0. The molecule has 7 heteroatoms. The molecule has 2 heterocycles. The van der Waals surface area contributed by atoms with Crippen LogP contribution in [-0.2, 0) is 16.4 Å². The van der Waals surface area contributed by atoms with Gasteiger partial charge < -0.3 is 4.90 Å². The van der Waals surface area contributed by atoms with E-state index in [-0.39, 0.29) is 16.8 Å². The molecule has 0 aliphatic carbocycles. The van der Waals surface area contributed by atoms with Gasteiger partial charge in [0.2, 0.25) is 10.0 Å². The van der Waals surface area contributed by atoms with Gasteiger partial charge in [-0.15, -0.1) is 11.3 Å². The highest BCUT2D eigenvalue weighted by molar-refractivity contribution is 7.89. The van der Waals surface area contributed by atoms with Gasteiger partial charge in [-0.05, 0) is 47.2 Å². The van der Waals surface area contributed by atoms with Gasteiger partial charge in [-0.3, -0.25) is 4.79 Å². The first-order valence-electron chi connectivity index (χ1n) is 9.53. The molecule has 0 spiro atoms. The Bertz CT molecular complexity index is 1120. The van der Waals surface area contributed by atoms with Crippen LogP contribution in [0, 0.1) is 0 Å². The maximum absolute atomic E-state index is 13.5. The smallest absolute Gasteiger partial charge is 0.254 e. The van der Waals surface area contributed by atoms with Crippen molar-refractivity contribution in [3.05, 3.63) is 87.6 Å². The summed E-state index contributed by atoms with van der Waals surface area (Å²) in [6, 6.07) is 18.2. The predicted molar refractivity (Wildman–Crippen MR) is 115 cm³/mol. The fraction of sp³-hybridized carbons (Fsp3) is 0.227. The Labute approximate surface area is 175 Å². The Hall–Kier alpha value is -2.48. The number of nitrogens with zero attached hydrogens (tertiary/aromatic N) is 1. The monoisotopic (exact) mass is 426 g/mol. The van der Waals surface area contributed by atoms with Crippen LogP contribution in [0.3, 0.4) is 0 Å². The summed E-state index contributed by atoms with van der Waals surface area (Å²) in [5.41, 5.74) is 2.58. The van der Waals surface area contributed by atoms with Crippen LogP contribution in [0.2, 0.25) is 0 Å². The molecule has 1 aromatic heterocycles. The van der Waals surface area contributed by atoms with Gasteiger partial charge in [0.15, 0.2) is 0 Å². The molecule has 0 saturated carbocycles. The van der Waals surface area contributed by atoms with Crippen LogP contribution in [0.5, 0.6) is 0 Å². The molecule has 0 unspecified atom stereocenters. The maximum atomic E-state index is 13.5. The van der Waals surface area contributed by atoms with Crippen molar-refractivity contribution < 1.29 is 13.2 Å². The lowest BCUT2D eigenvalue weighted by molar-refractivity contribution is 0.0696. The van der Waals surface area contributed by atoms with E-state index < -0.39 is 10.0 Å². The van der Waals surface area contributed by atoms with Crippen LogP contribution in [0.1, 0.15) is 39.3 Å². The normalized spacial score (nSPS) is 16.4. The maximum Gasteiger partial charge on any atom is 0.254 e. The van der Waals surface area contributed by atoms with E-state index in [1.54, 1.807) is 30.4 Å². The second-order valence-corrected chi connectivity index (χ2v) is 9.66. The molecule has 0 bridgehead atoms. The third kappa shape index (κ3) is 3.85. The standard InChI is InChI=1S/C22H22N2O3S2/c1-2-23-29(26,27)18-10-6-9-17(15-18)22(25)24-13-11-20-19(12-14-28-20)21(24)16-7-4-3-5-8-16/h3-10,12,14-15,21,23H,2,11,13H2,1H3/t21-/m1/s1. The molecular formula is C22H22N2O3S2. The first kappa shape index (κ1) is 19.8. The molecule has 2 aromatic carbocycles. The van der Waals surface area contributed by atoms with Gasteiger partial charge in [0, 0.05) is 23.5 Å². The number of rotatable bonds is 5. The van der Waals surface area contributed by atoms with E-state index in [2.05, 4.69) is 16.2 Å². The third-order valence-corrected chi connectivity index (χ3v) is 7.61. The summed E-state index contributed by atoms with van der Waals surface area (Å²) in [4.78, 5) is 16.7. The van der Waals surface area contributed by atoms with Gasteiger partial charge in [-0.1, -0.05) is 43.3 Å². The van der Waals surface area contributed by atoms with Crippen molar-refractivity contribution in [2.24, 2.45) is 0 Å². The Morgan fingerprint density at radius 2 is 1.93 bits per heavy atom. The highest BCUT2D eigenvalue weighted by atomic mass is 32.2. The first-order valence-corrected chi connectivity index (χ1v) is 11.9. The summed E-state index contributed by atoms with van der Waals surface area (Å²) in [6.45, 7) is 2.61. The van der Waals surface area contributed by atoms with Crippen LogP contribution < -0.4 is 4.72 Å². The SMILES string of the molecule is CCNS(=O)(=O)c1cccc(C(=O)N2CCc3sccc3[C@H]2c2ccccc2)c1. The highest BCUT2D eigenvalue weighted by Crippen LogP contribution is 2.38. The van der Waals surface area contributed by atoms with Crippen LogP contribution in [0.25, 0.3) is 0 Å². The van der Waals surface area contributed by atoms with Crippen molar-refractivity contribution in [2.75, 3.05) is 13.1 Å². The quantitative estimate of drug-likeness (QED) is 0.674. The van der Waals surface area contributed by atoms with Crippen molar-refractivity contribution in [3.63, 3.8) is 0 Å². The van der Waals surface area contributed by atoms with Crippen LogP contribution in [-0.4, -0.2) is 32.3 Å². The average molecular weight is 427 g/mol. The number of thiophene rings is 1. The summed E-state index contributed by atoms with van der Waals surface area (Å²) in [5, 5.41) is 2.07. The Kier molecular flexibility index (Phi) is 5.54. The molecule has 29 heavy (non-hydrogen) atoms. The summed E-state index contributed by atoms with van der Waals surface area (Å²) >= 11 is 1.72. The Morgan fingerprint density at radius 1 is 1.14 bits per heavy atom. The van der Waals surface area contributed by atoms with E-state index in [0.717, 1.165) is 17.5 Å². The third-order valence-electron chi connectivity index (χ3n) is 5.07. The second-order valence-electron chi connectivity index (χ2n) is 6.89. The van der Waals surface area contributed by atoms with Gasteiger partial charge in [-0.25, -0.2) is 13.1 Å². The lowest BCUT2D eigenvalue weighted by Crippen LogP contribution is -2.40. The molecule has 0 saturated heterocycles. The topological polar surface area (TPSA) is 66.5 Å². The minimum atomic E-state index is -3.62. The van der Waals surface area contributed by atoms with Gasteiger partial charge >= 0.3 is 0 Å². The molecule has 1 aliphatic rings. The summed E-state index contributed by atoms with van der Waals surface area (Å²) < 4.78 is 27.2. The van der Waals surface area contributed by atoms with Gasteiger partial charge in [0.05, 0.1) is 10.9 Å². The number of nitrogens with one attached hydrogen (secondary N) is 1. The summed E-state index contributed by atoms with van der Waals surface area (Å²) in [5.74, 6) is -0.163. The van der Waals surface area contributed by atoms with Crippen LogP contribution >= 0.6 is 11.3 Å². The summed E-state index contributed by atoms with van der Waals surface area (Å²) in [6.07, 6.45) is 0.803. The molecule has 4 rings (SSSR count). The molecule has 1 atom stereocenters. The number of benzene rings is 2. The van der Waals surface area contributed by atoms with E-state index in [4.69, 9.17) is 0 Å².